The second-order valence-corrected chi connectivity index (χ2v) is 7.75. The summed E-state index contributed by atoms with van der Waals surface area (Å²) in [4.78, 5) is 17.4. The Labute approximate surface area is 161 Å². The van der Waals surface area contributed by atoms with Crippen LogP contribution in [-0.2, 0) is 17.8 Å². The molecule has 0 saturated heterocycles. The molecule has 0 bridgehead atoms. The van der Waals surface area contributed by atoms with Crippen LogP contribution < -0.4 is 4.74 Å². The van der Waals surface area contributed by atoms with E-state index >= 15 is 0 Å². The lowest BCUT2D eigenvalue weighted by atomic mass is 10.2. The monoisotopic (exact) mass is 387 g/mol. The number of hydrogen-bond donors (Lipinski definition) is 0. The fourth-order valence-electron chi connectivity index (χ4n) is 2.53. The van der Waals surface area contributed by atoms with E-state index in [9.17, 15) is 4.79 Å². The zero-order chi connectivity index (χ0) is 18.2. The van der Waals surface area contributed by atoms with Crippen molar-refractivity contribution in [1.82, 2.24) is 4.90 Å². The zero-order valence-corrected chi connectivity index (χ0v) is 16.2. The van der Waals surface area contributed by atoms with E-state index in [1.807, 2.05) is 46.0 Å². The Morgan fingerprint density at radius 2 is 1.65 bits per heavy atom. The number of thiophene rings is 2. The van der Waals surface area contributed by atoms with Gasteiger partial charge in [-0.25, -0.2) is 0 Å². The summed E-state index contributed by atoms with van der Waals surface area (Å²) in [6, 6.07) is 15.5. The molecule has 0 unspecified atom stereocenters. The van der Waals surface area contributed by atoms with Crippen LogP contribution in [0.5, 0.6) is 5.75 Å². The van der Waals surface area contributed by atoms with Crippen molar-refractivity contribution in [3.63, 3.8) is 0 Å². The van der Waals surface area contributed by atoms with Crippen molar-refractivity contribution in [3.05, 3.63) is 74.6 Å². The lowest BCUT2D eigenvalue weighted by Crippen LogP contribution is -2.29. The van der Waals surface area contributed by atoms with Crippen molar-refractivity contribution in [2.45, 2.75) is 13.1 Å². The first-order valence-corrected chi connectivity index (χ1v) is 10.1. The highest BCUT2D eigenvalue weighted by molar-refractivity contribution is 7.10. The minimum atomic E-state index is 0.00370. The lowest BCUT2D eigenvalue weighted by molar-refractivity contribution is 0.0733. The molecule has 6 heteroatoms. The summed E-state index contributed by atoms with van der Waals surface area (Å²) in [6.45, 7) is 2.18. The van der Waals surface area contributed by atoms with Crippen molar-refractivity contribution in [2.24, 2.45) is 0 Å². The van der Waals surface area contributed by atoms with Crippen LogP contribution in [0.25, 0.3) is 0 Å². The van der Waals surface area contributed by atoms with Crippen LogP contribution >= 0.6 is 22.7 Å². The van der Waals surface area contributed by atoms with Crippen LogP contribution in [0.3, 0.4) is 0 Å². The Morgan fingerprint density at radius 1 is 0.962 bits per heavy atom. The van der Waals surface area contributed by atoms with E-state index in [0.717, 1.165) is 0 Å². The van der Waals surface area contributed by atoms with Gasteiger partial charge in [0.2, 0.25) is 0 Å². The average molecular weight is 388 g/mol. The molecule has 1 amide bonds. The van der Waals surface area contributed by atoms with Gasteiger partial charge >= 0.3 is 0 Å². The van der Waals surface area contributed by atoms with E-state index < -0.39 is 0 Å². The third-order valence-corrected chi connectivity index (χ3v) is 5.50. The first kappa shape index (κ1) is 18.6. The van der Waals surface area contributed by atoms with Gasteiger partial charge in [0.15, 0.2) is 0 Å². The number of nitrogens with zero attached hydrogens (tertiary/aromatic N) is 1. The number of carbonyl (C=O) groups excluding carboxylic acids is 1. The molecule has 2 heterocycles. The van der Waals surface area contributed by atoms with Crippen molar-refractivity contribution >= 4 is 28.6 Å². The van der Waals surface area contributed by atoms with E-state index in [2.05, 4.69) is 12.1 Å². The predicted molar refractivity (Wildman–Crippen MR) is 106 cm³/mol. The number of methoxy groups -OCH3 is 1. The number of amides is 1. The van der Waals surface area contributed by atoms with Gasteiger partial charge in [0, 0.05) is 22.4 Å². The maximum Gasteiger partial charge on any atom is 0.254 e. The minimum absolute atomic E-state index is 0.00370. The smallest absolute Gasteiger partial charge is 0.254 e. The molecule has 0 atom stereocenters. The summed E-state index contributed by atoms with van der Waals surface area (Å²) >= 11 is 3.33. The van der Waals surface area contributed by atoms with Crippen LogP contribution in [0.15, 0.2) is 59.3 Å². The Morgan fingerprint density at radius 3 is 2.23 bits per heavy atom. The maximum atomic E-state index is 13.1. The van der Waals surface area contributed by atoms with Gasteiger partial charge < -0.3 is 14.4 Å². The van der Waals surface area contributed by atoms with Crippen molar-refractivity contribution < 1.29 is 14.3 Å². The van der Waals surface area contributed by atoms with Gasteiger partial charge in [-0.1, -0.05) is 18.2 Å². The topological polar surface area (TPSA) is 38.8 Å². The van der Waals surface area contributed by atoms with Crippen molar-refractivity contribution in [2.75, 3.05) is 20.3 Å². The molecule has 1 aromatic carbocycles. The predicted octanol–water partition coefficient (Wildman–Crippen LogP) is 4.68. The highest BCUT2D eigenvalue weighted by atomic mass is 32.1. The Hall–Kier alpha value is -2.15. The molecule has 0 aliphatic heterocycles. The first-order chi connectivity index (χ1) is 12.8. The van der Waals surface area contributed by atoms with Crippen LogP contribution in [-0.4, -0.2) is 31.1 Å². The van der Waals surface area contributed by atoms with Gasteiger partial charge in [-0.05, 0) is 41.1 Å². The van der Waals surface area contributed by atoms with Crippen LogP contribution in [0.1, 0.15) is 20.1 Å². The summed E-state index contributed by atoms with van der Waals surface area (Å²) in [6.07, 6.45) is 0. The molecule has 3 rings (SSSR count). The molecule has 0 N–H and O–H groups in total. The summed E-state index contributed by atoms with van der Waals surface area (Å²) in [5, 5.41) is 4.07. The van der Waals surface area contributed by atoms with Crippen LogP contribution in [0.2, 0.25) is 0 Å². The Balaban J connectivity index is 1.76. The highest BCUT2D eigenvalue weighted by Gasteiger charge is 2.18. The molecule has 0 saturated carbocycles. The molecule has 0 spiro atoms. The molecule has 0 fully saturated rings. The Kier molecular flexibility index (Phi) is 6.82. The summed E-state index contributed by atoms with van der Waals surface area (Å²) in [5.74, 6) is 0.684. The fourth-order valence-corrected chi connectivity index (χ4v) is 3.96. The van der Waals surface area contributed by atoms with E-state index in [4.69, 9.17) is 9.47 Å². The second kappa shape index (κ2) is 9.52. The molecular formula is C20H21NO3S2. The molecule has 26 heavy (non-hydrogen) atoms. The van der Waals surface area contributed by atoms with Crippen molar-refractivity contribution in [1.29, 1.82) is 0 Å². The molecule has 136 valence electrons. The van der Waals surface area contributed by atoms with Gasteiger partial charge in [-0.2, -0.15) is 0 Å². The van der Waals surface area contributed by atoms with E-state index in [-0.39, 0.29) is 5.91 Å². The molecule has 4 nitrogen and oxygen atoms in total. The highest BCUT2D eigenvalue weighted by Crippen LogP contribution is 2.21. The minimum Gasteiger partial charge on any atom is -0.491 e. The molecule has 0 radical (unpaired) electrons. The van der Waals surface area contributed by atoms with Gasteiger partial charge in [0.1, 0.15) is 12.4 Å². The van der Waals surface area contributed by atoms with E-state index in [1.54, 1.807) is 35.8 Å². The zero-order valence-electron chi connectivity index (χ0n) is 14.6. The summed E-state index contributed by atoms with van der Waals surface area (Å²) in [7, 11) is 1.64. The van der Waals surface area contributed by atoms with E-state index in [1.165, 1.54) is 9.75 Å². The first-order valence-electron chi connectivity index (χ1n) is 8.32. The number of carbonyl (C=O) groups is 1. The van der Waals surface area contributed by atoms with Gasteiger partial charge in [0.05, 0.1) is 19.7 Å². The van der Waals surface area contributed by atoms with Gasteiger partial charge in [-0.3, -0.25) is 4.79 Å². The summed E-state index contributed by atoms with van der Waals surface area (Å²) in [5.41, 5.74) is 0.632. The molecular weight excluding hydrogens is 366 g/mol. The SMILES string of the molecule is COCCOc1cccc(C(=O)N(Cc2cccs2)Cc2cccs2)c1. The van der Waals surface area contributed by atoms with Gasteiger partial charge in [0.25, 0.3) is 5.91 Å². The molecule has 2 aromatic heterocycles. The fraction of sp³-hybridized carbons (Fsp3) is 0.250. The maximum absolute atomic E-state index is 13.1. The number of rotatable bonds is 9. The standard InChI is InChI=1S/C20H21NO3S2/c1-23-9-10-24-17-6-2-5-16(13-17)20(22)21(14-18-7-3-11-25-18)15-19-8-4-12-26-19/h2-8,11-13H,9-10,14-15H2,1H3. The normalized spacial score (nSPS) is 10.7. The molecule has 0 aliphatic carbocycles. The molecule has 0 aliphatic rings. The second-order valence-electron chi connectivity index (χ2n) is 5.69. The summed E-state index contributed by atoms with van der Waals surface area (Å²) < 4.78 is 10.6. The average Bonchev–Trinajstić information content (AvgIpc) is 3.35. The number of hydrogen-bond acceptors (Lipinski definition) is 5. The number of benzene rings is 1. The lowest BCUT2D eigenvalue weighted by Gasteiger charge is -2.22. The largest absolute Gasteiger partial charge is 0.491 e. The third-order valence-electron chi connectivity index (χ3n) is 3.78. The molecule has 3 aromatic rings. The van der Waals surface area contributed by atoms with E-state index in [0.29, 0.717) is 37.6 Å². The van der Waals surface area contributed by atoms with Gasteiger partial charge in [-0.15, -0.1) is 22.7 Å². The van der Waals surface area contributed by atoms with Crippen LogP contribution in [0.4, 0.5) is 0 Å². The van der Waals surface area contributed by atoms with Crippen LogP contribution in [0, 0.1) is 0 Å². The number of ether oxygens (including phenoxy) is 2. The third kappa shape index (κ3) is 5.17. The Bertz CT molecular complexity index is 764. The quantitative estimate of drug-likeness (QED) is 0.501. The van der Waals surface area contributed by atoms with Crippen molar-refractivity contribution in [3.8, 4) is 5.75 Å².